The summed E-state index contributed by atoms with van der Waals surface area (Å²) in [7, 11) is 0. The molecule has 0 saturated carbocycles. The summed E-state index contributed by atoms with van der Waals surface area (Å²) in [6.45, 7) is 0. The second-order valence-electron chi connectivity index (χ2n) is 2.39. The van der Waals surface area contributed by atoms with Crippen LogP contribution in [0.1, 0.15) is 5.56 Å². The summed E-state index contributed by atoms with van der Waals surface area (Å²) in [5.41, 5.74) is 0.951. The molecule has 0 bridgehead atoms. The summed E-state index contributed by atoms with van der Waals surface area (Å²) < 4.78 is 20.4. The minimum Gasteiger partial charge on any atom is -0.772 e. The zero-order chi connectivity index (χ0) is 8.97. The van der Waals surface area contributed by atoms with Gasteiger partial charge in [-0.05, 0) is 24.1 Å². The molecule has 66 valence electrons. The Kier molecular flexibility index (Phi) is 7.32. The third kappa shape index (κ3) is 5.83. The van der Waals surface area contributed by atoms with Crippen molar-refractivity contribution in [3.8, 4) is 0 Å². The largest absolute Gasteiger partial charge is 1.00 e. The smallest absolute Gasteiger partial charge is 0.772 e. The Balaban J connectivity index is 0.00000144. The molecule has 5 heteroatoms. The number of halogens is 1. The van der Waals surface area contributed by atoms with Gasteiger partial charge in [-0.15, -0.1) is 0 Å². The van der Waals surface area contributed by atoms with Gasteiger partial charge in [0.15, 0.2) is 0 Å². The molecule has 0 aliphatic carbocycles. The molecule has 1 aromatic carbocycles. The van der Waals surface area contributed by atoms with E-state index in [1.165, 1.54) is 0 Å². The number of hydrogen-bond donors (Lipinski definition) is 0. The molecule has 1 atom stereocenters. The number of rotatable bonds is 3. The SMILES string of the molecule is O=S([O-])CCc1cccc(Cl)c1.[Na+]. The van der Waals surface area contributed by atoms with E-state index in [2.05, 4.69) is 0 Å². The Morgan fingerprint density at radius 1 is 1.46 bits per heavy atom. The van der Waals surface area contributed by atoms with Gasteiger partial charge in [0.25, 0.3) is 0 Å². The van der Waals surface area contributed by atoms with Crippen molar-refractivity contribution in [2.75, 3.05) is 5.75 Å². The van der Waals surface area contributed by atoms with E-state index in [0.29, 0.717) is 11.4 Å². The fourth-order valence-electron chi connectivity index (χ4n) is 0.894. The average molecular weight is 227 g/mol. The standard InChI is InChI=1S/C8H9ClO2S.Na/c9-8-3-1-2-7(6-8)4-5-12(10)11;/h1-3,6H,4-5H2,(H,10,11);/q;+1/p-1. The maximum absolute atomic E-state index is 10.2. The topological polar surface area (TPSA) is 40.1 Å². The van der Waals surface area contributed by atoms with Crippen LogP contribution in [0, 0.1) is 0 Å². The number of aryl methyl sites for hydroxylation is 1. The van der Waals surface area contributed by atoms with Crippen molar-refractivity contribution in [2.24, 2.45) is 0 Å². The molecule has 0 fully saturated rings. The van der Waals surface area contributed by atoms with Crippen LogP contribution in [0.4, 0.5) is 0 Å². The first-order valence-electron chi connectivity index (χ1n) is 3.49. The van der Waals surface area contributed by atoms with Gasteiger partial charge in [-0.2, -0.15) is 0 Å². The van der Waals surface area contributed by atoms with Gasteiger partial charge in [-0.1, -0.05) is 34.8 Å². The van der Waals surface area contributed by atoms with E-state index in [9.17, 15) is 8.76 Å². The number of benzene rings is 1. The molecular formula is C8H8ClNaO2S. The van der Waals surface area contributed by atoms with E-state index in [1.807, 2.05) is 12.1 Å². The van der Waals surface area contributed by atoms with Crippen molar-refractivity contribution in [3.63, 3.8) is 0 Å². The third-order valence-electron chi connectivity index (χ3n) is 1.45. The van der Waals surface area contributed by atoms with Crippen LogP contribution in [-0.4, -0.2) is 14.5 Å². The van der Waals surface area contributed by atoms with Crippen molar-refractivity contribution in [1.29, 1.82) is 0 Å². The summed E-state index contributed by atoms with van der Waals surface area (Å²) in [6, 6.07) is 7.21. The van der Waals surface area contributed by atoms with Crippen molar-refractivity contribution in [1.82, 2.24) is 0 Å². The van der Waals surface area contributed by atoms with Gasteiger partial charge in [0, 0.05) is 10.8 Å². The van der Waals surface area contributed by atoms with Crippen molar-refractivity contribution < 1.29 is 38.3 Å². The summed E-state index contributed by atoms with van der Waals surface area (Å²) in [5, 5.41) is 0.643. The molecule has 0 spiro atoms. The molecule has 0 heterocycles. The molecule has 0 saturated heterocycles. The van der Waals surface area contributed by atoms with Crippen molar-refractivity contribution in [3.05, 3.63) is 34.9 Å². The molecule has 0 N–H and O–H groups in total. The minimum atomic E-state index is -1.97. The molecule has 0 amide bonds. The predicted octanol–water partition coefficient (Wildman–Crippen LogP) is -1.23. The van der Waals surface area contributed by atoms with Crippen molar-refractivity contribution in [2.45, 2.75) is 6.42 Å². The van der Waals surface area contributed by atoms with Gasteiger partial charge in [0.1, 0.15) is 0 Å². The van der Waals surface area contributed by atoms with Crippen molar-refractivity contribution >= 4 is 22.7 Å². The van der Waals surface area contributed by atoms with Crippen LogP contribution in [0.2, 0.25) is 5.02 Å². The summed E-state index contributed by atoms with van der Waals surface area (Å²) in [6.07, 6.45) is 0.524. The van der Waals surface area contributed by atoms with Crippen LogP contribution in [0.3, 0.4) is 0 Å². The maximum Gasteiger partial charge on any atom is 1.00 e. The molecule has 0 aliphatic rings. The quantitative estimate of drug-likeness (QED) is 0.478. The fourth-order valence-corrected chi connectivity index (χ4v) is 1.51. The number of hydrogen-bond acceptors (Lipinski definition) is 2. The van der Waals surface area contributed by atoms with E-state index >= 15 is 0 Å². The molecule has 13 heavy (non-hydrogen) atoms. The van der Waals surface area contributed by atoms with Crippen LogP contribution in [-0.2, 0) is 17.5 Å². The van der Waals surface area contributed by atoms with Gasteiger partial charge in [-0.3, -0.25) is 4.21 Å². The molecular weight excluding hydrogens is 219 g/mol. The summed E-state index contributed by atoms with van der Waals surface area (Å²) in [5.74, 6) is 0.153. The van der Waals surface area contributed by atoms with Crippen LogP contribution >= 0.6 is 11.6 Å². The van der Waals surface area contributed by atoms with Gasteiger partial charge in [-0.25, -0.2) is 0 Å². The average Bonchev–Trinajstić information content (AvgIpc) is 2.01. The summed E-state index contributed by atoms with van der Waals surface area (Å²) in [4.78, 5) is 0. The molecule has 0 radical (unpaired) electrons. The minimum absolute atomic E-state index is 0. The predicted molar refractivity (Wildman–Crippen MR) is 48.9 cm³/mol. The first kappa shape index (κ1) is 13.6. The van der Waals surface area contributed by atoms with E-state index < -0.39 is 11.1 Å². The second kappa shape index (κ2) is 6.98. The molecule has 1 unspecified atom stereocenters. The van der Waals surface area contributed by atoms with E-state index in [1.54, 1.807) is 12.1 Å². The van der Waals surface area contributed by atoms with Crippen LogP contribution in [0.5, 0.6) is 0 Å². The monoisotopic (exact) mass is 226 g/mol. The molecule has 2 nitrogen and oxygen atoms in total. The second-order valence-corrected chi connectivity index (χ2v) is 3.84. The zero-order valence-electron chi connectivity index (χ0n) is 7.33. The first-order chi connectivity index (χ1) is 5.68. The van der Waals surface area contributed by atoms with E-state index in [4.69, 9.17) is 11.6 Å². The summed E-state index contributed by atoms with van der Waals surface area (Å²) >= 11 is 3.74. The Hall–Kier alpha value is 0.620. The third-order valence-corrected chi connectivity index (χ3v) is 2.22. The van der Waals surface area contributed by atoms with Gasteiger partial charge < -0.3 is 4.55 Å². The normalized spacial score (nSPS) is 11.8. The molecule has 1 rings (SSSR count). The van der Waals surface area contributed by atoms with Gasteiger partial charge in [0.05, 0.1) is 0 Å². The van der Waals surface area contributed by atoms with Gasteiger partial charge in [0.2, 0.25) is 0 Å². The van der Waals surface area contributed by atoms with Crippen LogP contribution < -0.4 is 29.6 Å². The Labute approximate surface area is 107 Å². The Bertz CT molecular complexity index is 293. The first-order valence-corrected chi connectivity index (χ1v) is 5.11. The fraction of sp³-hybridized carbons (Fsp3) is 0.250. The van der Waals surface area contributed by atoms with Crippen LogP contribution in [0.25, 0.3) is 0 Å². The van der Waals surface area contributed by atoms with Crippen LogP contribution in [0.15, 0.2) is 24.3 Å². The maximum atomic E-state index is 10.2. The molecule has 0 aromatic heterocycles. The molecule has 0 aliphatic heterocycles. The zero-order valence-corrected chi connectivity index (χ0v) is 10.9. The Morgan fingerprint density at radius 2 is 2.15 bits per heavy atom. The van der Waals surface area contributed by atoms with E-state index in [-0.39, 0.29) is 35.3 Å². The molecule has 1 aromatic rings. The van der Waals surface area contributed by atoms with E-state index in [0.717, 1.165) is 5.56 Å². The van der Waals surface area contributed by atoms with Gasteiger partial charge >= 0.3 is 29.6 Å². The Morgan fingerprint density at radius 3 is 2.69 bits per heavy atom.